The molecule has 0 spiro atoms. The largest absolute Gasteiger partial charge is 0.459 e. The minimum Gasteiger partial charge on any atom is -0.459 e. The van der Waals surface area contributed by atoms with Gasteiger partial charge in [-0.25, -0.2) is 4.98 Å². The molecule has 0 fully saturated rings. The zero-order chi connectivity index (χ0) is 17.1. The van der Waals surface area contributed by atoms with Gasteiger partial charge in [-0.15, -0.1) is 11.3 Å². The van der Waals surface area contributed by atoms with Crippen molar-refractivity contribution in [3.8, 4) is 10.8 Å². The third kappa shape index (κ3) is 3.46. The fraction of sp³-hybridized carbons (Fsp3) is 0.235. The maximum Gasteiger partial charge on any atom is 0.275 e. The van der Waals surface area contributed by atoms with Crippen LogP contribution in [0.25, 0.3) is 10.8 Å². The molecule has 3 rings (SSSR count). The van der Waals surface area contributed by atoms with Crippen LogP contribution in [0.5, 0.6) is 0 Å². The minimum atomic E-state index is -0.317. The van der Waals surface area contributed by atoms with Crippen molar-refractivity contribution in [2.24, 2.45) is 0 Å². The lowest BCUT2D eigenvalue weighted by molar-refractivity contribution is 0.102. The first-order valence-electron chi connectivity index (χ1n) is 7.61. The van der Waals surface area contributed by atoms with E-state index >= 15 is 0 Å². The van der Waals surface area contributed by atoms with Crippen LogP contribution < -0.4 is 10.9 Å². The highest BCUT2D eigenvalue weighted by atomic mass is 32.1. The summed E-state index contributed by atoms with van der Waals surface area (Å²) in [6, 6.07) is 6.73. The van der Waals surface area contributed by atoms with Crippen molar-refractivity contribution in [3.63, 3.8) is 0 Å². The summed E-state index contributed by atoms with van der Waals surface area (Å²) in [4.78, 5) is 28.4. The van der Waals surface area contributed by atoms with Crippen molar-refractivity contribution in [3.05, 3.63) is 57.7 Å². The van der Waals surface area contributed by atoms with E-state index in [1.807, 2.05) is 26.0 Å². The monoisotopic (exact) mass is 343 g/mol. The maximum absolute atomic E-state index is 12.3. The lowest BCUT2D eigenvalue weighted by Gasteiger charge is -2.07. The number of rotatable bonds is 5. The van der Waals surface area contributed by atoms with E-state index in [0.717, 1.165) is 12.2 Å². The van der Waals surface area contributed by atoms with Gasteiger partial charge < -0.3 is 14.3 Å². The molecule has 0 saturated carbocycles. The number of aromatic nitrogens is 2. The van der Waals surface area contributed by atoms with Gasteiger partial charge in [0, 0.05) is 24.2 Å². The van der Waals surface area contributed by atoms with Crippen LogP contribution in [0.15, 0.2) is 45.1 Å². The molecule has 124 valence electrons. The molecule has 0 aromatic carbocycles. The number of anilines is 1. The van der Waals surface area contributed by atoms with Crippen molar-refractivity contribution in [2.75, 3.05) is 5.32 Å². The quantitative estimate of drug-likeness (QED) is 0.769. The van der Waals surface area contributed by atoms with E-state index in [1.54, 1.807) is 22.2 Å². The Bertz CT molecular complexity index is 923. The summed E-state index contributed by atoms with van der Waals surface area (Å²) >= 11 is 1.35. The first-order valence-corrected chi connectivity index (χ1v) is 8.49. The molecule has 1 N–H and O–H groups in total. The number of hydrogen-bond donors (Lipinski definition) is 1. The van der Waals surface area contributed by atoms with Gasteiger partial charge in [-0.3, -0.25) is 9.59 Å². The predicted octanol–water partition coefficient (Wildman–Crippen LogP) is 3.54. The third-order valence-corrected chi connectivity index (χ3v) is 4.25. The molecular weight excluding hydrogens is 326 g/mol. The van der Waals surface area contributed by atoms with Gasteiger partial charge in [0.05, 0.1) is 5.69 Å². The Morgan fingerprint density at radius 2 is 2.17 bits per heavy atom. The standard InChI is InChI=1S/C17H17N3O3S/c1-3-8-20-9-12(5-7-15(20)21)18-16(22)13-10-24-17(19-13)14-6-4-11(2)23-14/h4-7,9-10H,3,8H2,1-2H3,(H,18,22). The average molecular weight is 343 g/mol. The molecule has 0 aliphatic carbocycles. The molecule has 0 saturated heterocycles. The predicted molar refractivity (Wildman–Crippen MR) is 93.5 cm³/mol. The van der Waals surface area contributed by atoms with Gasteiger partial charge in [0.25, 0.3) is 11.5 Å². The van der Waals surface area contributed by atoms with E-state index in [-0.39, 0.29) is 11.5 Å². The molecule has 0 aliphatic rings. The molecule has 3 heterocycles. The van der Waals surface area contributed by atoms with Gasteiger partial charge in [0.2, 0.25) is 0 Å². The Kier molecular flexibility index (Phi) is 4.61. The molecule has 0 bridgehead atoms. The Balaban J connectivity index is 1.77. The fourth-order valence-corrected chi connectivity index (χ4v) is 3.02. The molecular formula is C17H17N3O3S. The van der Waals surface area contributed by atoms with Gasteiger partial charge in [-0.1, -0.05) is 6.92 Å². The number of amides is 1. The van der Waals surface area contributed by atoms with Gasteiger partial charge >= 0.3 is 0 Å². The number of carbonyl (C=O) groups excluding carboxylic acids is 1. The van der Waals surface area contributed by atoms with Crippen LogP contribution in [0, 0.1) is 6.92 Å². The van der Waals surface area contributed by atoms with E-state index in [0.29, 0.717) is 28.7 Å². The summed E-state index contributed by atoms with van der Waals surface area (Å²) in [5.74, 6) is 1.12. The Hall–Kier alpha value is -2.67. The summed E-state index contributed by atoms with van der Waals surface area (Å²) in [6.45, 7) is 4.46. The van der Waals surface area contributed by atoms with Crippen LogP contribution in [-0.2, 0) is 6.54 Å². The van der Waals surface area contributed by atoms with E-state index in [4.69, 9.17) is 4.42 Å². The molecule has 24 heavy (non-hydrogen) atoms. The van der Waals surface area contributed by atoms with Crippen LogP contribution in [0.1, 0.15) is 29.6 Å². The normalized spacial score (nSPS) is 10.8. The van der Waals surface area contributed by atoms with Gasteiger partial charge in [0.15, 0.2) is 10.8 Å². The Labute approximate surface area is 142 Å². The maximum atomic E-state index is 12.3. The fourth-order valence-electron chi connectivity index (χ4n) is 2.26. The number of nitrogens with zero attached hydrogens (tertiary/aromatic N) is 2. The van der Waals surface area contributed by atoms with Crippen molar-refractivity contribution >= 4 is 22.9 Å². The number of aryl methyl sites for hydroxylation is 2. The van der Waals surface area contributed by atoms with Crippen LogP contribution in [0.4, 0.5) is 5.69 Å². The van der Waals surface area contributed by atoms with Crippen molar-refractivity contribution in [1.82, 2.24) is 9.55 Å². The molecule has 0 aliphatic heterocycles. The molecule has 7 heteroatoms. The number of carbonyl (C=O) groups is 1. The number of furan rings is 1. The van der Waals surface area contributed by atoms with Gasteiger partial charge in [-0.2, -0.15) is 0 Å². The van der Waals surface area contributed by atoms with Gasteiger partial charge in [0.1, 0.15) is 11.5 Å². The number of thiazole rings is 1. The lowest BCUT2D eigenvalue weighted by Crippen LogP contribution is -2.20. The summed E-state index contributed by atoms with van der Waals surface area (Å²) < 4.78 is 7.09. The number of nitrogens with one attached hydrogen (secondary N) is 1. The zero-order valence-corrected chi connectivity index (χ0v) is 14.2. The molecule has 1 amide bonds. The highest BCUT2D eigenvalue weighted by molar-refractivity contribution is 7.13. The SMILES string of the molecule is CCCn1cc(NC(=O)c2csc(-c3ccc(C)o3)n2)ccc1=O. The number of pyridine rings is 1. The topological polar surface area (TPSA) is 77.1 Å². The summed E-state index contributed by atoms with van der Waals surface area (Å²) in [5.41, 5.74) is 0.799. The first kappa shape index (κ1) is 16.2. The van der Waals surface area contributed by atoms with Crippen molar-refractivity contribution < 1.29 is 9.21 Å². The zero-order valence-electron chi connectivity index (χ0n) is 13.4. The van der Waals surface area contributed by atoms with Crippen LogP contribution in [0.3, 0.4) is 0 Å². The van der Waals surface area contributed by atoms with E-state index in [9.17, 15) is 9.59 Å². The van der Waals surface area contributed by atoms with E-state index in [2.05, 4.69) is 10.3 Å². The molecule has 6 nitrogen and oxygen atoms in total. The van der Waals surface area contributed by atoms with Crippen LogP contribution >= 0.6 is 11.3 Å². The highest BCUT2D eigenvalue weighted by Crippen LogP contribution is 2.25. The Morgan fingerprint density at radius 3 is 2.88 bits per heavy atom. The second-order valence-electron chi connectivity index (χ2n) is 5.35. The van der Waals surface area contributed by atoms with Crippen molar-refractivity contribution in [1.29, 1.82) is 0 Å². The van der Waals surface area contributed by atoms with E-state index < -0.39 is 0 Å². The number of hydrogen-bond acceptors (Lipinski definition) is 5. The average Bonchev–Trinajstić information content (AvgIpc) is 3.19. The van der Waals surface area contributed by atoms with Crippen LogP contribution in [-0.4, -0.2) is 15.5 Å². The molecule has 0 radical (unpaired) electrons. The van der Waals surface area contributed by atoms with Crippen LogP contribution in [0.2, 0.25) is 0 Å². The highest BCUT2D eigenvalue weighted by Gasteiger charge is 2.14. The third-order valence-electron chi connectivity index (χ3n) is 3.39. The van der Waals surface area contributed by atoms with E-state index in [1.165, 1.54) is 17.4 Å². The molecule has 0 unspecified atom stereocenters. The molecule has 0 atom stereocenters. The molecule has 3 aromatic heterocycles. The first-order chi connectivity index (χ1) is 11.6. The lowest BCUT2D eigenvalue weighted by atomic mass is 10.3. The van der Waals surface area contributed by atoms with Crippen molar-refractivity contribution in [2.45, 2.75) is 26.8 Å². The second-order valence-corrected chi connectivity index (χ2v) is 6.21. The summed E-state index contributed by atoms with van der Waals surface area (Å²) in [5, 5.41) is 5.11. The molecule has 3 aromatic rings. The summed E-state index contributed by atoms with van der Waals surface area (Å²) in [7, 11) is 0. The second kappa shape index (κ2) is 6.84. The Morgan fingerprint density at radius 1 is 1.33 bits per heavy atom. The minimum absolute atomic E-state index is 0.0843. The summed E-state index contributed by atoms with van der Waals surface area (Å²) in [6.07, 6.45) is 2.49. The van der Waals surface area contributed by atoms with Gasteiger partial charge in [-0.05, 0) is 31.5 Å². The smallest absolute Gasteiger partial charge is 0.275 e.